The number of allylic oxidation sites excluding steroid dienone is 2. The summed E-state index contributed by atoms with van der Waals surface area (Å²) in [4.78, 5) is 29.9. The molecule has 0 saturated carbocycles. The summed E-state index contributed by atoms with van der Waals surface area (Å²) in [5.41, 5.74) is 3.08. The molecule has 222 valence electrons. The number of carbonyl (C=O) groups is 2. The van der Waals surface area contributed by atoms with Gasteiger partial charge in [-0.05, 0) is 78.9 Å². The number of methoxy groups -OCH3 is 1. The molecule has 5 aromatic rings. The van der Waals surface area contributed by atoms with Crippen molar-refractivity contribution in [2.45, 2.75) is 11.7 Å². The van der Waals surface area contributed by atoms with Gasteiger partial charge in [-0.2, -0.15) is 0 Å². The average molecular weight is 665 g/mol. The number of amides is 1. The predicted molar refractivity (Wildman–Crippen MR) is 178 cm³/mol. The van der Waals surface area contributed by atoms with E-state index in [0.717, 1.165) is 16.5 Å². The number of ether oxygens (including phenoxy) is 1. The van der Waals surface area contributed by atoms with Crippen LogP contribution in [0.4, 0.5) is 5.69 Å². The van der Waals surface area contributed by atoms with Crippen molar-refractivity contribution in [3.05, 3.63) is 112 Å². The molecule has 44 heavy (non-hydrogen) atoms. The summed E-state index contributed by atoms with van der Waals surface area (Å²) in [6, 6.07) is 19.2. The van der Waals surface area contributed by atoms with Gasteiger partial charge in [0.05, 0.1) is 28.4 Å². The van der Waals surface area contributed by atoms with Crippen LogP contribution in [0.3, 0.4) is 0 Å². The highest BCUT2D eigenvalue weighted by atomic mass is 35.5. The fourth-order valence-corrected chi connectivity index (χ4v) is 5.49. The van der Waals surface area contributed by atoms with Gasteiger partial charge in [-0.1, -0.05) is 52.6 Å². The smallest absolute Gasteiger partial charge is 0.234 e. The second-order valence-electron chi connectivity index (χ2n) is 9.37. The molecule has 1 amide bonds. The minimum Gasteiger partial charge on any atom is -0.497 e. The van der Waals surface area contributed by atoms with Crippen LogP contribution in [-0.2, 0) is 11.3 Å². The van der Waals surface area contributed by atoms with E-state index in [2.05, 4.69) is 27.1 Å². The van der Waals surface area contributed by atoms with Gasteiger partial charge in [-0.25, -0.2) is 4.98 Å². The number of thioether (sulfide) groups is 1. The number of hydrogen-bond acceptors (Lipinski definition) is 7. The minimum absolute atomic E-state index is 0.0898. The molecule has 0 atom stereocenters. The maximum atomic E-state index is 12.8. The average Bonchev–Trinajstić information content (AvgIpc) is 3.42. The molecule has 0 spiro atoms. The summed E-state index contributed by atoms with van der Waals surface area (Å²) in [6.45, 7) is 4.25. The number of aromatic nitrogens is 4. The van der Waals surface area contributed by atoms with Crippen molar-refractivity contribution in [3.63, 3.8) is 0 Å². The van der Waals surface area contributed by atoms with Crippen LogP contribution in [0.2, 0.25) is 15.2 Å². The molecular weight excluding hydrogens is 641 g/mol. The van der Waals surface area contributed by atoms with E-state index in [-0.39, 0.29) is 22.6 Å². The second-order valence-corrected chi connectivity index (χ2v) is 11.5. The maximum absolute atomic E-state index is 12.8. The lowest BCUT2D eigenvalue weighted by atomic mass is 10.1. The number of nitrogens with zero attached hydrogens (tertiary/aromatic N) is 4. The summed E-state index contributed by atoms with van der Waals surface area (Å²) < 4.78 is 7.12. The van der Waals surface area contributed by atoms with E-state index >= 15 is 0 Å². The Hall–Kier alpha value is -4.15. The van der Waals surface area contributed by atoms with Crippen LogP contribution in [0, 0.1) is 0 Å². The number of pyridine rings is 1. The fraction of sp³-hybridized carbons (Fsp3) is 0.0938. The molecule has 0 aliphatic heterocycles. The van der Waals surface area contributed by atoms with Crippen molar-refractivity contribution in [2.75, 3.05) is 18.2 Å². The first kappa shape index (κ1) is 31.3. The lowest BCUT2D eigenvalue weighted by Gasteiger charge is -2.09. The number of benzene rings is 3. The molecule has 0 saturated heterocycles. The quantitative estimate of drug-likeness (QED) is 0.0499. The van der Waals surface area contributed by atoms with Crippen molar-refractivity contribution >= 4 is 80.9 Å². The van der Waals surface area contributed by atoms with E-state index in [1.54, 1.807) is 61.7 Å². The van der Waals surface area contributed by atoms with Crippen LogP contribution < -0.4 is 10.1 Å². The summed E-state index contributed by atoms with van der Waals surface area (Å²) >= 11 is 19.8. The fourth-order valence-electron chi connectivity index (χ4n) is 4.24. The zero-order chi connectivity index (χ0) is 31.2. The Morgan fingerprint density at radius 2 is 1.80 bits per heavy atom. The molecular formula is C32H24Cl3N5O3S. The van der Waals surface area contributed by atoms with Crippen LogP contribution in [0.15, 0.2) is 90.6 Å². The highest BCUT2D eigenvalue weighted by Crippen LogP contribution is 2.30. The van der Waals surface area contributed by atoms with Gasteiger partial charge in [0.1, 0.15) is 10.9 Å². The minimum atomic E-state index is -0.242. The number of anilines is 1. The molecule has 12 heteroatoms. The van der Waals surface area contributed by atoms with E-state index in [1.807, 2.05) is 28.8 Å². The van der Waals surface area contributed by atoms with Crippen LogP contribution in [-0.4, -0.2) is 44.3 Å². The zero-order valence-corrected chi connectivity index (χ0v) is 26.3. The summed E-state index contributed by atoms with van der Waals surface area (Å²) in [5, 5.41) is 13.9. The Balaban J connectivity index is 1.20. The lowest BCUT2D eigenvalue weighted by Crippen LogP contribution is -2.14. The number of hydrogen-bond donors (Lipinski definition) is 1. The molecule has 2 aromatic heterocycles. The Morgan fingerprint density at radius 3 is 2.52 bits per heavy atom. The van der Waals surface area contributed by atoms with Gasteiger partial charge >= 0.3 is 0 Å². The van der Waals surface area contributed by atoms with Crippen LogP contribution >= 0.6 is 46.6 Å². The Bertz CT molecular complexity index is 1910. The third kappa shape index (κ3) is 7.31. The first-order valence-corrected chi connectivity index (χ1v) is 15.3. The van der Waals surface area contributed by atoms with E-state index in [9.17, 15) is 9.59 Å². The highest BCUT2D eigenvalue weighted by Gasteiger charge is 2.16. The SMILES string of the molecule is C=CCn1c(SCC(=O)Nc2ccc(C(=O)/C=C/c3cc4cc(OC)ccc4nc3Cl)cc2)nnc1-c1ccc(Cl)c(Cl)c1. The van der Waals surface area contributed by atoms with Crippen LogP contribution in [0.1, 0.15) is 15.9 Å². The molecule has 0 radical (unpaired) electrons. The van der Waals surface area contributed by atoms with Gasteiger partial charge in [0.15, 0.2) is 16.8 Å². The van der Waals surface area contributed by atoms with Crippen LogP contribution in [0.25, 0.3) is 28.4 Å². The van der Waals surface area contributed by atoms with E-state index < -0.39 is 0 Å². The van der Waals surface area contributed by atoms with E-state index in [0.29, 0.717) is 50.1 Å². The van der Waals surface area contributed by atoms with Crippen molar-refractivity contribution in [3.8, 4) is 17.1 Å². The zero-order valence-electron chi connectivity index (χ0n) is 23.3. The second kappa shape index (κ2) is 14.1. The normalized spacial score (nSPS) is 11.2. The van der Waals surface area contributed by atoms with Gasteiger partial charge < -0.3 is 10.1 Å². The highest BCUT2D eigenvalue weighted by molar-refractivity contribution is 7.99. The molecule has 0 aliphatic rings. The van der Waals surface area contributed by atoms with Crippen molar-refractivity contribution < 1.29 is 14.3 Å². The predicted octanol–water partition coefficient (Wildman–Crippen LogP) is 8.28. The Kier molecular flexibility index (Phi) is 10.0. The van der Waals surface area contributed by atoms with Crippen LogP contribution in [0.5, 0.6) is 5.75 Å². The van der Waals surface area contributed by atoms with Gasteiger partial charge in [-0.15, -0.1) is 16.8 Å². The molecule has 8 nitrogen and oxygen atoms in total. The number of fused-ring (bicyclic) bond motifs is 1. The number of ketones is 1. The summed E-state index contributed by atoms with van der Waals surface area (Å²) in [5.74, 6) is 0.906. The Labute approximate surface area is 272 Å². The molecule has 1 N–H and O–H groups in total. The number of rotatable bonds is 11. The molecule has 5 rings (SSSR count). The summed E-state index contributed by atoms with van der Waals surface area (Å²) in [7, 11) is 1.59. The molecule has 2 heterocycles. The van der Waals surface area contributed by atoms with Crippen molar-refractivity contribution in [1.82, 2.24) is 19.7 Å². The van der Waals surface area contributed by atoms with Gasteiger partial charge in [0.25, 0.3) is 0 Å². The number of nitrogens with one attached hydrogen (secondary N) is 1. The first-order valence-electron chi connectivity index (χ1n) is 13.1. The molecule has 0 aliphatic carbocycles. The largest absolute Gasteiger partial charge is 0.497 e. The monoisotopic (exact) mass is 663 g/mol. The van der Waals surface area contributed by atoms with Gasteiger partial charge in [0, 0.05) is 34.3 Å². The van der Waals surface area contributed by atoms with Gasteiger partial charge in [0.2, 0.25) is 5.91 Å². The molecule has 0 unspecified atom stereocenters. The van der Waals surface area contributed by atoms with Crippen molar-refractivity contribution in [1.29, 1.82) is 0 Å². The third-order valence-electron chi connectivity index (χ3n) is 6.41. The Morgan fingerprint density at radius 1 is 1.00 bits per heavy atom. The summed E-state index contributed by atoms with van der Waals surface area (Å²) in [6.07, 6.45) is 4.78. The number of carbonyl (C=O) groups excluding carboxylic acids is 2. The van der Waals surface area contributed by atoms with E-state index in [1.165, 1.54) is 17.8 Å². The number of halogens is 3. The molecule has 0 fully saturated rings. The topological polar surface area (TPSA) is 99.0 Å². The third-order valence-corrected chi connectivity index (χ3v) is 8.42. The lowest BCUT2D eigenvalue weighted by molar-refractivity contribution is -0.113. The van der Waals surface area contributed by atoms with Crippen molar-refractivity contribution in [2.24, 2.45) is 0 Å². The molecule has 3 aromatic carbocycles. The first-order chi connectivity index (χ1) is 21.2. The van der Waals surface area contributed by atoms with E-state index in [4.69, 9.17) is 39.5 Å². The standard InChI is InChI=1S/C32H24Cl3N5O3S/c1-3-14-40-31(21-6-11-25(33)26(34)17-21)38-39-32(40)44-18-29(42)36-23-8-4-19(5-9-23)28(41)13-7-20-15-22-16-24(43-2)10-12-27(22)37-30(20)35/h3-13,15-17H,1,14,18H2,2H3,(H,36,42)/b13-7+. The maximum Gasteiger partial charge on any atom is 0.234 e. The molecule has 0 bridgehead atoms. The van der Waals surface area contributed by atoms with Gasteiger partial charge in [-0.3, -0.25) is 14.2 Å².